The van der Waals surface area contributed by atoms with Crippen molar-refractivity contribution >= 4 is 11.9 Å². The Morgan fingerprint density at radius 2 is 1.55 bits per heavy atom. The summed E-state index contributed by atoms with van der Waals surface area (Å²) in [6, 6.07) is 0. The fourth-order valence-electron chi connectivity index (χ4n) is 4.98. The maximum Gasteiger partial charge on any atom is 0.307 e. The van der Waals surface area contributed by atoms with Crippen molar-refractivity contribution in [3.8, 4) is 0 Å². The summed E-state index contributed by atoms with van der Waals surface area (Å²) in [6.45, 7) is 3.93. The van der Waals surface area contributed by atoms with Gasteiger partial charge in [0, 0.05) is 0 Å². The highest BCUT2D eigenvalue weighted by Gasteiger charge is 2.53. The molecule has 2 saturated carbocycles. The first-order valence-corrected chi connectivity index (χ1v) is 7.94. The van der Waals surface area contributed by atoms with Crippen LogP contribution in [0.5, 0.6) is 0 Å². The summed E-state index contributed by atoms with van der Waals surface area (Å²) in [7, 11) is 0. The molecule has 2 aliphatic rings. The fourth-order valence-corrected chi connectivity index (χ4v) is 4.98. The normalized spacial score (nSPS) is 40.9. The fraction of sp³-hybridized carbons (Fsp3) is 0.875. The molecule has 0 heterocycles. The number of carbonyl (C=O) groups is 2. The van der Waals surface area contributed by atoms with Gasteiger partial charge in [0.1, 0.15) is 0 Å². The van der Waals surface area contributed by atoms with Crippen molar-refractivity contribution in [3.05, 3.63) is 0 Å². The Morgan fingerprint density at radius 3 is 2.05 bits per heavy atom. The van der Waals surface area contributed by atoms with Gasteiger partial charge in [-0.25, -0.2) is 0 Å². The van der Waals surface area contributed by atoms with Crippen LogP contribution in [0.4, 0.5) is 0 Å². The first kappa shape index (κ1) is 15.3. The van der Waals surface area contributed by atoms with Gasteiger partial charge < -0.3 is 10.2 Å². The van der Waals surface area contributed by atoms with Crippen LogP contribution in [0.3, 0.4) is 0 Å². The summed E-state index contributed by atoms with van der Waals surface area (Å²) in [5.41, 5.74) is 0. The number of carboxylic acids is 2. The quantitative estimate of drug-likeness (QED) is 0.830. The number of aliphatic carboxylic acids is 2. The van der Waals surface area contributed by atoms with Crippen molar-refractivity contribution in [2.24, 2.45) is 35.5 Å². The Morgan fingerprint density at radius 1 is 1.00 bits per heavy atom. The zero-order chi connectivity index (χ0) is 14.9. The lowest BCUT2D eigenvalue weighted by Gasteiger charge is -2.50. The summed E-state index contributed by atoms with van der Waals surface area (Å²) in [6.07, 6.45) is 6.06. The van der Waals surface area contributed by atoms with E-state index in [-0.39, 0.29) is 17.8 Å². The van der Waals surface area contributed by atoms with Crippen molar-refractivity contribution in [1.82, 2.24) is 0 Å². The third-order valence-electron chi connectivity index (χ3n) is 5.67. The van der Waals surface area contributed by atoms with Gasteiger partial charge in [0.25, 0.3) is 0 Å². The van der Waals surface area contributed by atoms with Crippen LogP contribution in [0.15, 0.2) is 0 Å². The van der Waals surface area contributed by atoms with Gasteiger partial charge in [0.2, 0.25) is 0 Å². The van der Waals surface area contributed by atoms with Crippen molar-refractivity contribution in [1.29, 1.82) is 0 Å². The smallest absolute Gasteiger partial charge is 0.307 e. The van der Waals surface area contributed by atoms with Gasteiger partial charge in [-0.05, 0) is 42.9 Å². The predicted octanol–water partition coefficient (Wildman–Crippen LogP) is 3.26. The van der Waals surface area contributed by atoms with E-state index in [9.17, 15) is 19.8 Å². The van der Waals surface area contributed by atoms with Crippen molar-refractivity contribution in [3.63, 3.8) is 0 Å². The molecule has 0 aromatic rings. The number of hydrogen-bond donors (Lipinski definition) is 2. The van der Waals surface area contributed by atoms with Crippen LogP contribution in [-0.4, -0.2) is 22.2 Å². The Hall–Kier alpha value is -1.06. The lowest BCUT2D eigenvalue weighted by Crippen LogP contribution is -2.51. The molecule has 0 saturated heterocycles. The lowest BCUT2D eigenvalue weighted by atomic mass is 9.53. The molecule has 114 valence electrons. The Balaban J connectivity index is 2.36. The third kappa shape index (κ3) is 2.57. The second-order valence-corrected chi connectivity index (χ2v) is 6.65. The average molecular weight is 282 g/mol. The van der Waals surface area contributed by atoms with Crippen molar-refractivity contribution in [2.45, 2.75) is 52.4 Å². The standard InChI is InChI=1S/C16H26O4/c1-3-6-11-10-7-4-5-8-12(10)14(16(19)20)9(2)13(11)15(17)18/h9-14H,3-8H2,1-2H3,(H,17,18)(H,19,20). The molecule has 0 bridgehead atoms. The molecule has 6 unspecified atom stereocenters. The van der Waals surface area contributed by atoms with E-state index >= 15 is 0 Å². The molecule has 2 rings (SSSR count). The molecule has 0 radical (unpaired) electrons. The number of carboxylic acid groups (broad SMARTS) is 2. The largest absolute Gasteiger partial charge is 0.481 e. The topological polar surface area (TPSA) is 74.6 Å². The van der Waals surface area contributed by atoms with Crippen LogP contribution in [0.25, 0.3) is 0 Å². The highest BCUT2D eigenvalue weighted by Crippen LogP contribution is 2.53. The minimum atomic E-state index is -0.800. The molecule has 0 aromatic carbocycles. The summed E-state index contributed by atoms with van der Waals surface area (Å²) in [5, 5.41) is 19.2. The molecule has 20 heavy (non-hydrogen) atoms. The first-order valence-electron chi connectivity index (χ1n) is 7.94. The summed E-state index contributed by atoms with van der Waals surface area (Å²) >= 11 is 0. The molecule has 2 fully saturated rings. The van der Waals surface area contributed by atoms with Crippen LogP contribution in [-0.2, 0) is 9.59 Å². The van der Waals surface area contributed by atoms with Crippen LogP contribution in [0.1, 0.15) is 52.4 Å². The van der Waals surface area contributed by atoms with Crippen LogP contribution < -0.4 is 0 Å². The molecular weight excluding hydrogens is 256 g/mol. The SMILES string of the molecule is CCCC1C2CCCCC2C(C(=O)O)C(C)C1C(=O)O. The molecule has 6 atom stereocenters. The lowest BCUT2D eigenvalue weighted by molar-refractivity contribution is -0.165. The zero-order valence-corrected chi connectivity index (χ0v) is 12.4. The van der Waals surface area contributed by atoms with Gasteiger partial charge >= 0.3 is 11.9 Å². The van der Waals surface area contributed by atoms with E-state index in [2.05, 4.69) is 6.92 Å². The van der Waals surface area contributed by atoms with Gasteiger partial charge in [-0.3, -0.25) is 9.59 Å². The molecule has 4 nitrogen and oxygen atoms in total. The molecule has 2 aliphatic carbocycles. The molecule has 0 spiro atoms. The Bertz CT molecular complexity index is 379. The van der Waals surface area contributed by atoms with Gasteiger partial charge in [0.15, 0.2) is 0 Å². The van der Waals surface area contributed by atoms with Gasteiger partial charge in [-0.15, -0.1) is 0 Å². The highest BCUT2D eigenvalue weighted by molar-refractivity contribution is 5.75. The predicted molar refractivity (Wildman–Crippen MR) is 75.3 cm³/mol. The van der Waals surface area contributed by atoms with E-state index in [1.807, 2.05) is 6.92 Å². The molecule has 4 heteroatoms. The Kier molecular flexibility index (Phi) is 4.71. The summed E-state index contributed by atoms with van der Waals surface area (Å²) < 4.78 is 0. The van der Waals surface area contributed by atoms with Crippen molar-refractivity contribution in [2.75, 3.05) is 0 Å². The maximum absolute atomic E-state index is 11.7. The van der Waals surface area contributed by atoms with E-state index in [1.165, 1.54) is 0 Å². The van der Waals surface area contributed by atoms with E-state index in [4.69, 9.17) is 0 Å². The van der Waals surface area contributed by atoms with Crippen LogP contribution in [0.2, 0.25) is 0 Å². The van der Waals surface area contributed by atoms with Crippen LogP contribution in [0, 0.1) is 35.5 Å². The molecule has 2 N–H and O–H groups in total. The van der Waals surface area contributed by atoms with Gasteiger partial charge in [-0.2, -0.15) is 0 Å². The van der Waals surface area contributed by atoms with Gasteiger partial charge in [-0.1, -0.05) is 33.1 Å². The van der Waals surface area contributed by atoms with Gasteiger partial charge in [0.05, 0.1) is 11.8 Å². The average Bonchev–Trinajstić information content (AvgIpc) is 2.38. The van der Waals surface area contributed by atoms with E-state index in [0.29, 0.717) is 5.92 Å². The Labute approximate surface area is 120 Å². The van der Waals surface area contributed by atoms with E-state index in [1.54, 1.807) is 0 Å². The van der Waals surface area contributed by atoms with E-state index in [0.717, 1.165) is 38.5 Å². The molecule has 0 amide bonds. The number of fused-ring (bicyclic) bond motifs is 1. The van der Waals surface area contributed by atoms with E-state index < -0.39 is 23.8 Å². The minimum absolute atomic E-state index is 0.161. The summed E-state index contributed by atoms with van der Waals surface area (Å²) in [4.78, 5) is 23.4. The summed E-state index contributed by atoms with van der Waals surface area (Å²) in [5.74, 6) is -2.19. The first-order chi connectivity index (χ1) is 9.49. The number of hydrogen-bond acceptors (Lipinski definition) is 2. The minimum Gasteiger partial charge on any atom is -0.481 e. The van der Waals surface area contributed by atoms with Crippen LogP contribution >= 0.6 is 0 Å². The molecule has 0 aromatic heterocycles. The molecular formula is C16H26O4. The molecule has 0 aliphatic heterocycles. The third-order valence-corrected chi connectivity index (χ3v) is 5.67. The second kappa shape index (κ2) is 6.15. The zero-order valence-electron chi connectivity index (χ0n) is 12.4. The van der Waals surface area contributed by atoms with Crippen molar-refractivity contribution < 1.29 is 19.8 Å². The monoisotopic (exact) mass is 282 g/mol. The maximum atomic E-state index is 11.7. The second-order valence-electron chi connectivity index (χ2n) is 6.65. The highest BCUT2D eigenvalue weighted by atomic mass is 16.4. The number of rotatable bonds is 4.